The molecule has 1 aliphatic rings. The van der Waals surface area contributed by atoms with Crippen LogP contribution in [0.15, 0.2) is 42.9 Å². The first-order valence-electron chi connectivity index (χ1n) is 9.47. The van der Waals surface area contributed by atoms with Crippen molar-refractivity contribution in [2.75, 3.05) is 25.0 Å². The summed E-state index contributed by atoms with van der Waals surface area (Å²) < 4.78 is 5.03. The maximum atomic E-state index is 12.2. The molecule has 0 spiro atoms. The van der Waals surface area contributed by atoms with Crippen molar-refractivity contribution in [2.45, 2.75) is 32.4 Å². The summed E-state index contributed by atoms with van der Waals surface area (Å²) in [5, 5.41) is 6.22. The third-order valence-electron chi connectivity index (χ3n) is 4.57. The predicted molar refractivity (Wildman–Crippen MR) is 105 cm³/mol. The van der Waals surface area contributed by atoms with Crippen molar-refractivity contribution >= 4 is 17.8 Å². The number of nitrogens with one attached hydrogen (secondary N) is 2. The third kappa shape index (κ3) is 5.42. The highest BCUT2D eigenvalue weighted by Crippen LogP contribution is 2.16. The summed E-state index contributed by atoms with van der Waals surface area (Å²) in [4.78, 5) is 34.1. The first-order valence-corrected chi connectivity index (χ1v) is 9.47. The largest absolute Gasteiger partial charge is 0.450 e. The minimum atomic E-state index is -0.249. The molecule has 1 fully saturated rings. The summed E-state index contributed by atoms with van der Waals surface area (Å²) in [5.41, 5.74) is 1.45. The molecule has 0 bridgehead atoms. The summed E-state index contributed by atoms with van der Waals surface area (Å²) in [5.74, 6) is 0.545. The van der Waals surface area contributed by atoms with E-state index >= 15 is 0 Å². The van der Waals surface area contributed by atoms with Crippen LogP contribution >= 0.6 is 0 Å². The lowest BCUT2D eigenvalue weighted by atomic mass is 10.1. The Morgan fingerprint density at radius 2 is 2.04 bits per heavy atom. The molecule has 28 heavy (non-hydrogen) atoms. The molecule has 8 nitrogen and oxygen atoms in total. The Bertz CT molecular complexity index is 774. The molecule has 0 saturated carbocycles. The van der Waals surface area contributed by atoms with Crippen molar-refractivity contribution in [1.29, 1.82) is 0 Å². The van der Waals surface area contributed by atoms with Gasteiger partial charge in [-0.05, 0) is 43.5 Å². The summed E-state index contributed by atoms with van der Waals surface area (Å²) >= 11 is 0. The van der Waals surface area contributed by atoms with Gasteiger partial charge < -0.3 is 20.3 Å². The predicted octanol–water partition coefficient (Wildman–Crippen LogP) is 2.44. The van der Waals surface area contributed by atoms with Gasteiger partial charge in [0.1, 0.15) is 5.82 Å². The lowest BCUT2D eigenvalue weighted by Gasteiger charge is -2.31. The van der Waals surface area contributed by atoms with Crippen LogP contribution in [0.1, 0.15) is 35.7 Å². The number of ether oxygens (including phenoxy) is 1. The van der Waals surface area contributed by atoms with E-state index in [2.05, 4.69) is 20.6 Å². The van der Waals surface area contributed by atoms with E-state index in [1.807, 2.05) is 12.1 Å². The maximum absolute atomic E-state index is 12.2. The SMILES string of the molecule is CCOC(=O)N1CCC(Nc2ccc(C(=O)NCc3cccnc3)cn2)CC1. The monoisotopic (exact) mass is 383 g/mol. The minimum absolute atomic E-state index is 0.175. The molecule has 0 radical (unpaired) electrons. The van der Waals surface area contributed by atoms with E-state index in [0.717, 1.165) is 24.2 Å². The number of hydrogen-bond acceptors (Lipinski definition) is 6. The molecule has 0 atom stereocenters. The zero-order valence-corrected chi connectivity index (χ0v) is 15.9. The molecule has 0 aliphatic carbocycles. The number of amides is 2. The number of aromatic nitrogens is 2. The van der Waals surface area contributed by atoms with Crippen LogP contribution in [0.2, 0.25) is 0 Å². The van der Waals surface area contributed by atoms with Crippen LogP contribution in [0.4, 0.5) is 10.6 Å². The molecule has 3 heterocycles. The lowest BCUT2D eigenvalue weighted by Crippen LogP contribution is -2.42. The Morgan fingerprint density at radius 3 is 2.68 bits per heavy atom. The van der Waals surface area contributed by atoms with Crippen LogP contribution in [0.3, 0.4) is 0 Å². The maximum Gasteiger partial charge on any atom is 0.409 e. The Hall–Kier alpha value is -3.16. The molecule has 8 heteroatoms. The number of carbonyl (C=O) groups is 2. The second kappa shape index (κ2) is 9.68. The summed E-state index contributed by atoms with van der Waals surface area (Å²) in [6, 6.07) is 7.54. The van der Waals surface area contributed by atoms with Gasteiger partial charge in [0, 0.05) is 44.3 Å². The zero-order valence-electron chi connectivity index (χ0n) is 15.9. The van der Waals surface area contributed by atoms with E-state index in [1.54, 1.807) is 42.5 Å². The van der Waals surface area contributed by atoms with Gasteiger partial charge in [-0.15, -0.1) is 0 Å². The molecule has 1 aliphatic heterocycles. The van der Waals surface area contributed by atoms with Crippen LogP contribution in [-0.4, -0.2) is 52.6 Å². The molecule has 148 valence electrons. The van der Waals surface area contributed by atoms with Crippen molar-refractivity contribution in [3.8, 4) is 0 Å². The summed E-state index contributed by atoms with van der Waals surface area (Å²) in [6.45, 7) is 3.94. The molecular weight excluding hydrogens is 358 g/mol. The molecule has 1 saturated heterocycles. The van der Waals surface area contributed by atoms with Gasteiger partial charge >= 0.3 is 6.09 Å². The minimum Gasteiger partial charge on any atom is -0.450 e. The van der Waals surface area contributed by atoms with Crippen molar-refractivity contribution in [1.82, 2.24) is 20.2 Å². The Labute approximate surface area is 164 Å². The Kier molecular flexibility index (Phi) is 6.78. The highest BCUT2D eigenvalue weighted by Gasteiger charge is 2.23. The number of carbonyl (C=O) groups excluding carboxylic acids is 2. The van der Waals surface area contributed by atoms with Gasteiger partial charge in [-0.1, -0.05) is 6.07 Å². The van der Waals surface area contributed by atoms with E-state index in [1.165, 1.54) is 0 Å². The smallest absolute Gasteiger partial charge is 0.409 e. The van der Waals surface area contributed by atoms with Gasteiger partial charge in [0.2, 0.25) is 0 Å². The van der Waals surface area contributed by atoms with Crippen LogP contribution in [0.25, 0.3) is 0 Å². The van der Waals surface area contributed by atoms with Crippen LogP contribution in [0.5, 0.6) is 0 Å². The zero-order chi connectivity index (χ0) is 19.8. The molecule has 2 aromatic heterocycles. The Balaban J connectivity index is 1.45. The van der Waals surface area contributed by atoms with Crippen molar-refractivity contribution < 1.29 is 14.3 Å². The molecule has 3 rings (SSSR count). The van der Waals surface area contributed by atoms with Crippen molar-refractivity contribution in [3.63, 3.8) is 0 Å². The van der Waals surface area contributed by atoms with Gasteiger partial charge in [0.15, 0.2) is 0 Å². The average Bonchev–Trinajstić information content (AvgIpc) is 2.74. The normalized spacial score (nSPS) is 14.4. The highest BCUT2D eigenvalue weighted by molar-refractivity contribution is 5.94. The van der Waals surface area contributed by atoms with E-state index in [0.29, 0.717) is 31.8 Å². The fourth-order valence-electron chi connectivity index (χ4n) is 3.03. The van der Waals surface area contributed by atoms with E-state index in [4.69, 9.17) is 4.74 Å². The van der Waals surface area contributed by atoms with Crippen LogP contribution in [0, 0.1) is 0 Å². The number of anilines is 1. The van der Waals surface area contributed by atoms with Gasteiger partial charge in [-0.25, -0.2) is 9.78 Å². The van der Waals surface area contributed by atoms with Crippen LogP contribution < -0.4 is 10.6 Å². The third-order valence-corrected chi connectivity index (χ3v) is 4.57. The number of hydrogen-bond donors (Lipinski definition) is 2. The second-order valence-corrected chi connectivity index (χ2v) is 6.58. The van der Waals surface area contributed by atoms with Crippen molar-refractivity contribution in [3.05, 3.63) is 54.0 Å². The van der Waals surface area contributed by atoms with E-state index in [9.17, 15) is 9.59 Å². The van der Waals surface area contributed by atoms with Crippen molar-refractivity contribution in [2.24, 2.45) is 0 Å². The van der Waals surface area contributed by atoms with Gasteiger partial charge in [0.25, 0.3) is 5.91 Å². The molecular formula is C20H25N5O3. The highest BCUT2D eigenvalue weighted by atomic mass is 16.6. The van der Waals surface area contributed by atoms with Crippen LogP contribution in [-0.2, 0) is 11.3 Å². The molecule has 0 unspecified atom stereocenters. The van der Waals surface area contributed by atoms with Gasteiger partial charge in [0.05, 0.1) is 12.2 Å². The van der Waals surface area contributed by atoms with Gasteiger partial charge in [-0.3, -0.25) is 9.78 Å². The first kappa shape index (κ1) is 19.6. The topological polar surface area (TPSA) is 96.5 Å². The number of likely N-dealkylation sites (tertiary alicyclic amines) is 1. The summed E-state index contributed by atoms with van der Waals surface area (Å²) in [6.07, 6.45) is 6.39. The molecule has 2 N–H and O–H groups in total. The standard InChI is InChI=1S/C20H25N5O3/c1-2-28-20(27)25-10-7-17(8-11-25)24-18-6-5-16(14-22-18)19(26)23-13-15-4-3-9-21-12-15/h3-6,9,12,14,17H,2,7-8,10-11,13H2,1H3,(H,22,24)(H,23,26). The quantitative estimate of drug-likeness (QED) is 0.795. The van der Waals surface area contributed by atoms with E-state index in [-0.39, 0.29) is 18.0 Å². The van der Waals surface area contributed by atoms with E-state index < -0.39 is 0 Å². The molecule has 2 aromatic rings. The molecule has 0 aromatic carbocycles. The fraction of sp³-hybridized carbons (Fsp3) is 0.400. The van der Waals surface area contributed by atoms with Gasteiger partial charge in [-0.2, -0.15) is 0 Å². The number of nitrogens with zero attached hydrogens (tertiary/aromatic N) is 3. The lowest BCUT2D eigenvalue weighted by molar-refractivity contribution is 0.0949. The average molecular weight is 383 g/mol. The number of piperidine rings is 1. The number of pyridine rings is 2. The Morgan fingerprint density at radius 1 is 1.21 bits per heavy atom. The summed E-state index contributed by atoms with van der Waals surface area (Å²) in [7, 11) is 0. The fourth-order valence-corrected chi connectivity index (χ4v) is 3.03. The first-order chi connectivity index (χ1) is 13.7. The second-order valence-electron chi connectivity index (χ2n) is 6.58. The number of rotatable bonds is 6. The molecule has 2 amide bonds.